The zero-order valence-corrected chi connectivity index (χ0v) is 6.55. The van der Waals surface area contributed by atoms with Crippen LogP contribution in [0.4, 0.5) is 0 Å². The summed E-state index contributed by atoms with van der Waals surface area (Å²) in [4.78, 5) is 20.8. The molecule has 0 aromatic carbocycles. The van der Waals surface area contributed by atoms with Crippen LogP contribution in [0, 0.1) is 0 Å². The van der Waals surface area contributed by atoms with Gasteiger partial charge in [0.25, 0.3) is 0 Å². The monoisotopic (exact) mass is 160 g/mol. The highest BCUT2D eigenvalue weighted by molar-refractivity contribution is 5.84. The summed E-state index contributed by atoms with van der Waals surface area (Å²) in [6.45, 7) is 1.32. The molecule has 0 unspecified atom stereocenters. The Labute approximate surface area is 64.8 Å². The largest absolute Gasteiger partial charge is 0.480 e. The fourth-order valence-electron chi connectivity index (χ4n) is 0.447. The van der Waals surface area contributed by atoms with E-state index in [1.807, 2.05) is 0 Å². The number of carbonyl (C=O) groups is 2. The normalized spacial score (nSPS) is 12.2. The average Bonchev–Trinajstić information content (AvgIpc) is 1.98. The third kappa shape index (κ3) is 4.32. The predicted molar refractivity (Wildman–Crippen MR) is 39.2 cm³/mol. The molecule has 5 heteroatoms. The van der Waals surface area contributed by atoms with Gasteiger partial charge in [0.15, 0.2) is 0 Å². The number of hydrogen-bond acceptors (Lipinski definition) is 3. The maximum Gasteiger partial charge on any atom is 0.322 e. The predicted octanol–water partition coefficient (Wildman–Crippen LogP) is -1.20. The summed E-state index contributed by atoms with van der Waals surface area (Å²) in [7, 11) is 1.63. The first kappa shape index (κ1) is 9.90. The van der Waals surface area contributed by atoms with E-state index in [0.29, 0.717) is 0 Å². The highest BCUT2D eigenvalue weighted by Crippen LogP contribution is 1.77. The number of hydrogen-bond donors (Lipinski definition) is 3. The lowest BCUT2D eigenvalue weighted by atomic mass is 10.3. The van der Waals surface area contributed by atoms with Crippen LogP contribution in [0.5, 0.6) is 0 Å². The average molecular weight is 160 g/mol. The summed E-state index contributed by atoms with van der Waals surface area (Å²) < 4.78 is 0. The maximum absolute atomic E-state index is 10.8. The minimum absolute atomic E-state index is 0.310. The van der Waals surface area contributed by atoms with Crippen LogP contribution in [-0.2, 0) is 9.59 Å². The van der Waals surface area contributed by atoms with Gasteiger partial charge in [0, 0.05) is 0 Å². The van der Waals surface area contributed by atoms with Crippen molar-refractivity contribution >= 4 is 11.9 Å². The second-order valence-electron chi connectivity index (χ2n) is 2.12. The van der Waals surface area contributed by atoms with E-state index < -0.39 is 5.97 Å². The maximum atomic E-state index is 10.8. The molecule has 0 saturated heterocycles. The van der Waals surface area contributed by atoms with Gasteiger partial charge in [-0.25, -0.2) is 0 Å². The summed E-state index contributed by atoms with van der Waals surface area (Å²) in [6, 6.07) is -0.352. The summed E-state index contributed by atoms with van der Waals surface area (Å²) in [5, 5.41) is 13.1. The molecule has 0 rings (SSSR count). The van der Waals surface area contributed by atoms with Crippen LogP contribution < -0.4 is 10.6 Å². The van der Waals surface area contributed by atoms with Crippen LogP contribution >= 0.6 is 0 Å². The lowest BCUT2D eigenvalue weighted by Gasteiger charge is -2.08. The molecule has 3 N–H and O–H groups in total. The van der Waals surface area contributed by atoms with Crippen molar-refractivity contribution in [3.05, 3.63) is 0 Å². The van der Waals surface area contributed by atoms with Gasteiger partial charge in [-0.3, -0.25) is 9.59 Å². The second-order valence-corrected chi connectivity index (χ2v) is 2.12. The van der Waals surface area contributed by atoms with Crippen LogP contribution in [-0.4, -0.2) is 36.6 Å². The van der Waals surface area contributed by atoms with Crippen LogP contribution in [0.1, 0.15) is 6.92 Å². The molecular weight excluding hydrogens is 148 g/mol. The Morgan fingerprint density at radius 3 is 2.45 bits per heavy atom. The highest BCUT2D eigenvalue weighted by Gasteiger charge is 2.09. The Morgan fingerprint density at radius 1 is 1.55 bits per heavy atom. The van der Waals surface area contributed by atoms with Crippen molar-refractivity contribution in [2.24, 2.45) is 0 Å². The van der Waals surface area contributed by atoms with Gasteiger partial charge in [-0.1, -0.05) is 0 Å². The summed E-state index contributed by atoms with van der Waals surface area (Å²) >= 11 is 0. The van der Waals surface area contributed by atoms with Crippen LogP contribution in [0.3, 0.4) is 0 Å². The molecule has 0 saturated carbocycles. The molecule has 0 radical (unpaired) electrons. The summed E-state index contributed by atoms with van der Waals surface area (Å²) in [5.41, 5.74) is 0. The SMILES string of the molecule is CN[C@H](C)C(=O)NCC(=O)O. The first-order valence-electron chi connectivity index (χ1n) is 3.24. The molecule has 0 aromatic rings. The third-order valence-corrected chi connectivity index (χ3v) is 1.24. The Hall–Kier alpha value is -1.10. The molecule has 0 bridgehead atoms. The van der Waals surface area contributed by atoms with Gasteiger partial charge in [-0.2, -0.15) is 0 Å². The molecule has 64 valence electrons. The Bertz CT molecular complexity index is 158. The van der Waals surface area contributed by atoms with E-state index in [-0.39, 0.29) is 18.5 Å². The van der Waals surface area contributed by atoms with Gasteiger partial charge in [0.05, 0.1) is 6.04 Å². The quantitative estimate of drug-likeness (QED) is 0.482. The fraction of sp³-hybridized carbons (Fsp3) is 0.667. The Kier molecular flexibility index (Phi) is 4.21. The topological polar surface area (TPSA) is 78.4 Å². The minimum atomic E-state index is -1.04. The Morgan fingerprint density at radius 2 is 2.09 bits per heavy atom. The van der Waals surface area contributed by atoms with E-state index in [1.54, 1.807) is 14.0 Å². The van der Waals surface area contributed by atoms with Crippen LogP contribution in [0.25, 0.3) is 0 Å². The fourth-order valence-corrected chi connectivity index (χ4v) is 0.447. The smallest absolute Gasteiger partial charge is 0.322 e. The number of likely N-dealkylation sites (N-methyl/N-ethyl adjacent to an activating group) is 1. The number of carboxylic acids is 1. The zero-order valence-electron chi connectivity index (χ0n) is 6.55. The van der Waals surface area contributed by atoms with Crippen molar-refractivity contribution in [1.29, 1.82) is 0 Å². The molecule has 11 heavy (non-hydrogen) atoms. The molecule has 0 aliphatic heterocycles. The van der Waals surface area contributed by atoms with Crippen molar-refractivity contribution in [3.63, 3.8) is 0 Å². The van der Waals surface area contributed by atoms with Gasteiger partial charge in [-0.15, -0.1) is 0 Å². The lowest BCUT2D eigenvalue weighted by Crippen LogP contribution is -2.42. The van der Waals surface area contributed by atoms with Gasteiger partial charge in [0.1, 0.15) is 6.54 Å². The molecule has 0 aliphatic carbocycles. The van der Waals surface area contributed by atoms with Gasteiger partial charge < -0.3 is 15.7 Å². The molecule has 0 fully saturated rings. The van der Waals surface area contributed by atoms with Crippen molar-refractivity contribution in [3.8, 4) is 0 Å². The standard InChI is InChI=1S/C6H12N2O3/c1-4(7-2)6(11)8-3-5(9)10/h4,7H,3H2,1-2H3,(H,8,11)(H,9,10)/t4-/m1/s1. The van der Waals surface area contributed by atoms with E-state index >= 15 is 0 Å². The number of aliphatic carboxylic acids is 1. The molecule has 5 nitrogen and oxygen atoms in total. The minimum Gasteiger partial charge on any atom is -0.480 e. The van der Waals surface area contributed by atoms with Gasteiger partial charge in [0.2, 0.25) is 5.91 Å². The summed E-state index contributed by atoms with van der Waals surface area (Å²) in [6.07, 6.45) is 0. The van der Waals surface area contributed by atoms with Crippen molar-refractivity contribution < 1.29 is 14.7 Å². The van der Waals surface area contributed by atoms with E-state index in [2.05, 4.69) is 10.6 Å². The third-order valence-electron chi connectivity index (χ3n) is 1.24. The number of amides is 1. The summed E-state index contributed by atoms with van der Waals surface area (Å²) in [5.74, 6) is -1.35. The Balaban J connectivity index is 3.60. The van der Waals surface area contributed by atoms with Gasteiger partial charge in [-0.05, 0) is 14.0 Å². The van der Waals surface area contributed by atoms with E-state index in [1.165, 1.54) is 0 Å². The highest BCUT2D eigenvalue weighted by atomic mass is 16.4. The molecule has 0 aliphatic rings. The molecule has 1 atom stereocenters. The molecule has 0 heterocycles. The van der Waals surface area contributed by atoms with Crippen LogP contribution in [0.15, 0.2) is 0 Å². The van der Waals surface area contributed by atoms with E-state index in [4.69, 9.17) is 5.11 Å². The van der Waals surface area contributed by atoms with Crippen LogP contribution in [0.2, 0.25) is 0 Å². The van der Waals surface area contributed by atoms with Crippen molar-refractivity contribution in [1.82, 2.24) is 10.6 Å². The molecular formula is C6H12N2O3. The number of rotatable bonds is 4. The first-order chi connectivity index (χ1) is 5.07. The van der Waals surface area contributed by atoms with Gasteiger partial charge >= 0.3 is 5.97 Å². The number of nitrogens with one attached hydrogen (secondary N) is 2. The zero-order chi connectivity index (χ0) is 8.85. The molecule has 0 aromatic heterocycles. The van der Waals surface area contributed by atoms with Crippen molar-refractivity contribution in [2.45, 2.75) is 13.0 Å². The number of carboxylic acid groups (broad SMARTS) is 1. The lowest BCUT2D eigenvalue weighted by molar-refractivity contribution is -0.138. The van der Waals surface area contributed by atoms with E-state index in [0.717, 1.165) is 0 Å². The first-order valence-corrected chi connectivity index (χ1v) is 3.24. The molecule has 1 amide bonds. The second kappa shape index (κ2) is 4.68. The number of carbonyl (C=O) groups excluding carboxylic acids is 1. The molecule has 0 spiro atoms. The van der Waals surface area contributed by atoms with Crippen molar-refractivity contribution in [2.75, 3.05) is 13.6 Å². The van der Waals surface area contributed by atoms with E-state index in [9.17, 15) is 9.59 Å².